The van der Waals surface area contributed by atoms with Crippen molar-refractivity contribution < 1.29 is 0 Å². The second kappa shape index (κ2) is 8.91. The van der Waals surface area contributed by atoms with E-state index in [1.54, 1.807) is 0 Å². The second-order valence-corrected chi connectivity index (χ2v) is 6.62. The molecule has 0 aliphatic heterocycles. The van der Waals surface area contributed by atoms with Gasteiger partial charge < -0.3 is 10.2 Å². The number of rotatable bonds is 8. The first-order valence-electron chi connectivity index (χ1n) is 9.16. The zero-order chi connectivity index (χ0) is 19.1. The molecule has 1 N–H and O–H groups in total. The Bertz CT molecular complexity index is 892. The molecule has 0 aliphatic carbocycles. The van der Waals surface area contributed by atoms with Gasteiger partial charge in [-0.3, -0.25) is 0 Å². The van der Waals surface area contributed by atoms with E-state index in [1.807, 2.05) is 12.2 Å². The molecule has 0 fully saturated rings. The fourth-order valence-electron chi connectivity index (χ4n) is 3.04. The van der Waals surface area contributed by atoms with Crippen molar-refractivity contribution >= 4 is 23.5 Å². The first kappa shape index (κ1) is 18.5. The van der Waals surface area contributed by atoms with Gasteiger partial charge in [0, 0.05) is 20.1 Å². The van der Waals surface area contributed by atoms with Crippen molar-refractivity contribution in [1.82, 2.24) is 0 Å². The summed E-state index contributed by atoms with van der Waals surface area (Å²) in [5, 5.41) is 3.57. The molecule has 27 heavy (non-hydrogen) atoms. The predicted molar refractivity (Wildman–Crippen MR) is 119 cm³/mol. The van der Waals surface area contributed by atoms with Gasteiger partial charge in [-0.1, -0.05) is 86.0 Å². The van der Waals surface area contributed by atoms with Crippen molar-refractivity contribution in [3.05, 3.63) is 108 Å². The third-order valence-electron chi connectivity index (χ3n) is 4.65. The molecule has 0 saturated heterocycles. The lowest BCUT2D eigenvalue weighted by molar-refractivity contribution is 0.921. The van der Waals surface area contributed by atoms with Crippen molar-refractivity contribution in [3.63, 3.8) is 0 Å². The highest BCUT2D eigenvalue weighted by molar-refractivity contribution is 5.70. The van der Waals surface area contributed by atoms with Gasteiger partial charge >= 0.3 is 0 Å². The summed E-state index contributed by atoms with van der Waals surface area (Å²) in [7, 11) is 2.13. The van der Waals surface area contributed by atoms with Crippen LogP contribution in [0.5, 0.6) is 0 Å². The lowest BCUT2D eigenvalue weighted by Crippen LogP contribution is -2.18. The summed E-state index contributed by atoms with van der Waals surface area (Å²) in [6.07, 6.45) is 3.73. The number of hydrogen-bond donors (Lipinski definition) is 1. The van der Waals surface area contributed by atoms with Crippen molar-refractivity contribution in [1.29, 1.82) is 0 Å². The molecule has 0 heterocycles. The van der Waals surface area contributed by atoms with E-state index < -0.39 is 0 Å². The molecular weight excluding hydrogens is 328 g/mol. The Hall–Kier alpha value is -3.26. The van der Waals surface area contributed by atoms with Crippen molar-refractivity contribution in [2.24, 2.45) is 0 Å². The Morgan fingerprint density at radius 1 is 0.778 bits per heavy atom. The van der Waals surface area contributed by atoms with E-state index >= 15 is 0 Å². The van der Waals surface area contributed by atoms with Crippen LogP contribution in [-0.2, 0) is 13.1 Å². The molecule has 3 aromatic rings. The summed E-state index contributed by atoms with van der Waals surface area (Å²) in [5.41, 5.74) is 7.13. The Labute approximate surface area is 162 Å². The first-order valence-corrected chi connectivity index (χ1v) is 9.16. The van der Waals surface area contributed by atoms with E-state index in [0.717, 1.165) is 29.9 Å². The van der Waals surface area contributed by atoms with E-state index in [-0.39, 0.29) is 0 Å². The van der Waals surface area contributed by atoms with Crippen LogP contribution in [0.1, 0.15) is 22.3 Å². The van der Waals surface area contributed by atoms with Gasteiger partial charge in [-0.15, -0.1) is 0 Å². The maximum atomic E-state index is 3.81. The van der Waals surface area contributed by atoms with Gasteiger partial charge in [0.05, 0.1) is 11.4 Å². The van der Waals surface area contributed by atoms with Gasteiger partial charge in [-0.25, -0.2) is 0 Å². The van der Waals surface area contributed by atoms with E-state index in [9.17, 15) is 0 Å². The fourth-order valence-corrected chi connectivity index (χ4v) is 3.04. The molecule has 3 aromatic carbocycles. The fraction of sp³-hybridized carbons (Fsp3) is 0.120. The predicted octanol–water partition coefficient (Wildman–Crippen LogP) is 6.22. The largest absolute Gasteiger partial charge is 0.379 e. The topological polar surface area (TPSA) is 15.3 Å². The third kappa shape index (κ3) is 4.89. The van der Waals surface area contributed by atoms with Crippen LogP contribution in [0.3, 0.4) is 0 Å². The summed E-state index contributed by atoms with van der Waals surface area (Å²) in [6, 6.07) is 25.4. The van der Waals surface area contributed by atoms with Gasteiger partial charge in [0.1, 0.15) is 0 Å². The molecule has 2 heteroatoms. The Morgan fingerprint density at radius 3 is 1.93 bits per heavy atom. The molecule has 2 nitrogen and oxygen atoms in total. The number of benzene rings is 3. The standard InChI is InChI=1S/C25H26N2/c1-4-20-10-14-22(15-11-20)18-26-24-8-6-7-9-25(24)27(3)19-23-16-12-21(5-2)13-17-23/h4-17,26H,1-2,18-19H2,3H3. The van der Waals surface area contributed by atoms with Crippen LogP contribution < -0.4 is 10.2 Å². The van der Waals surface area contributed by atoms with E-state index in [1.165, 1.54) is 16.8 Å². The van der Waals surface area contributed by atoms with Crippen molar-refractivity contribution in [2.45, 2.75) is 13.1 Å². The number of hydrogen-bond acceptors (Lipinski definition) is 2. The third-order valence-corrected chi connectivity index (χ3v) is 4.65. The Kier molecular flexibility index (Phi) is 6.11. The first-order chi connectivity index (χ1) is 13.2. The smallest absolute Gasteiger partial charge is 0.0602 e. The molecule has 0 saturated carbocycles. The van der Waals surface area contributed by atoms with Gasteiger partial charge in [0.15, 0.2) is 0 Å². The van der Waals surface area contributed by atoms with Crippen LogP contribution in [0.25, 0.3) is 12.2 Å². The molecule has 0 amide bonds. The molecular formula is C25H26N2. The summed E-state index contributed by atoms with van der Waals surface area (Å²) >= 11 is 0. The van der Waals surface area contributed by atoms with Crippen LogP contribution in [0.15, 0.2) is 86.0 Å². The summed E-state index contributed by atoms with van der Waals surface area (Å²) in [6.45, 7) is 9.25. The number of para-hydroxylation sites is 2. The van der Waals surface area contributed by atoms with Gasteiger partial charge in [-0.05, 0) is 34.4 Å². The highest BCUT2D eigenvalue weighted by Crippen LogP contribution is 2.26. The molecule has 0 bridgehead atoms. The van der Waals surface area contributed by atoms with Crippen LogP contribution in [0, 0.1) is 0 Å². The number of nitrogens with one attached hydrogen (secondary N) is 1. The van der Waals surface area contributed by atoms with Gasteiger partial charge in [0.25, 0.3) is 0 Å². The minimum absolute atomic E-state index is 0.788. The summed E-state index contributed by atoms with van der Waals surface area (Å²) < 4.78 is 0. The van der Waals surface area contributed by atoms with Crippen LogP contribution in [-0.4, -0.2) is 7.05 Å². The van der Waals surface area contributed by atoms with Crippen LogP contribution in [0.4, 0.5) is 11.4 Å². The molecule has 0 radical (unpaired) electrons. The average Bonchev–Trinajstić information content (AvgIpc) is 2.73. The highest BCUT2D eigenvalue weighted by atomic mass is 15.1. The molecule has 0 atom stereocenters. The normalized spacial score (nSPS) is 10.3. The second-order valence-electron chi connectivity index (χ2n) is 6.62. The minimum Gasteiger partial charge on any atom is -0.379 e. The monoisotopic (exact) mass is 354 g/mol. The molecule has 3 rings (SSSR count). The SMILES string of the molecule is C=Cc1ccc(CNc2ccccc2N(C)Cc2ccc(C=C)cc2)cc1. The molecule has 0 spiro atoms. The minimum atomic E-state index is 0.788. The quantitative estimate of drug-likeness (QED) is 0.516. The van der Waals surface area contributed by atoms with Crippen LogP contribution in [0.2, 0.25) is 0 Å². The summed E-state index contributed by atoms with van der Waals surface area (Å²) in [5.74, 6) is 0. The molecule has 0 aromatic heterocycles. The maximum Gasteiger partial charge on any atom is 0.0602 e. The molecule has 136 valence electrons. The number of nitrogens with zero attached hydrogens (tertiary/aromatic N) is 1. The van der Waals surface area contributed by atoms with Gasteiger partial charge in [-0.2, -0.15) is 0 Å². The highest BCUT2D eigenvalue weighted by Gasteiger charge is 2.08. The molecule has 0 aliphatic rings. The zero-order valence-electron chi connectivity index (χ0n) is 15.9. The van der Waals surface area contributed by atoms with Crippen molar-refractivity contribution in [2.75, 3.05) is 17.3 Å². The zero-order valence-corrected chi connectivity index (χ0v) is 15.9. The number of anilines is 2. The van der Waals surface area contributed by atoms with Crippen LogP contribution >= 0.6 is 0 Å². The van der Waals surface area contributed by atoms with E-state index in [0.29, 0.717) is 0 Å². The average molecular weight is 354 g/mol. The van der Waals surface area contributed by atoms with E-state index in [4.69, 9.17) is 0 Å². The lowest BCUT2D eigenvalue weighted by Gasteiger charge is -2.23. The Balaban J connectivity index is 1.69. The lowest BCUT2D eigenvalue weighted by atomic mass is 10.1. The molecule has 0 unspecified atom stereocenters. The van der Waals surface area contributed by atoms with Crippen molar-refractivity contribution in [3.8, 4) is 0 Å². The maximum absolute atomic E-state index is 3.81. The Morgan fingerprint density at radius 2 is 1.33 bits per heavy atom. The van der Waals surface area contributed by atoms with E-state index in [2.05, 4.69) is 103 Å². The summed E-state index contributed by atoms with van der Waals surface area (Å²) in [4.78, 5) is 2.27. The van der Waals surface area contributed by atoms with Gasteiger partial charge in [0.2, 0.25) is 0 Å².